The van der Waals surface area contributed by atoms with Gasteiger partial charge >= 0.3 is 0 Å². The fraction of sp³-hybridized carbons (Fsp3) is 0.444. The van der Waals surface area contributed by atoms with Gasteiger partial charge in [-0.05, 0) is 50.8 Å². The van der Waals surface area contributed by atoms with E-state index in [-0.39, 0.29) is 11.6 Å². The first-order chi connectivity index (χ1) is 11.6. The lowest BCUT2D eigenvalue weighted by molar-refractivity contribution is 0.273. The van der Waals surface area contributed by atoms with Crippen LogP contribution in [0.2, 0.25) is 5.02 Å². The predicted octanol–water partition coefficient (Wildman–Crippen LogP) is 3.79. The lowest BCUT2D eigenvalue weighted by Gasteiger charge is -2.30. The second-order valence-corrected chi connectivity index (χ2v) is 7.11. The van der Waals surface area contributed by atoms with Gasteiger partial charge in [-0.15, -0.1) is 0 Å². The highest BCUT2D eigenvalue weighted by Gasteiger charge is 2.27. The minimum atomic E-state index is -0.0406. The van der Waals surface area contributed by atoms with Crippen molar-refractivity contribution in [1.82, 2.24) is 9.72 Å². The van der Waals surface area contributed by atoms with E-state index in [0.29, 0.717) is 34.1 Å². The Hall–Kier alpha value is -1.85. The Bertz CT molecular complexity index is 976. The summed E-state index contributed by atoms with van der Waals surface area (Å²) in [6.45, 7) is 2.46. The molecule has 0 aliphatic heterocycles. The summed E-state index contributed by atoms with van der Waals surface area (Å²) in [7, 11) is 0. The molecule has 0 amide bonds. The molecule has 1 aliphatic carbocycles. The van der Waals surface area contributed by atoms with Gasteiger partial charge in [0.1, 0.15) is 5.39 Å². The van der Waals surface area contributed by atoms with Crippen molar-refractivity contribution < 1.29 is 4.52 Å². The molecule has 1 fully saturated rings. The van der Waals surface area contributed by atoms with E-state index in [4.69, 9.17) is 21.9 Å². The molecule has 5 nitrogen and oxygen atoms in total. The van der Waals surface area contributed by atoms with Gasteiger partial charge in [0, 0.05) is 6.04 Å². The summed E-state index contributed by atoms with van der Waals surface area (Å²) in [5, 5.41) is 5.88. The fourth-order valence-electron chi connectivity index (χ4n) is 4.03. The van der Waals surface area contributed by atoms with Gasteiger partial charge in [0.25, 0.3) is 5.56 Å². The van der Waals surface area contributed by atoms with Crippen molar-refractivity contribution in [2.24, 2.45) is 11.7 Å². The summed E-state index contributed by atoms with van der Waals surface area (Å²) in [6, 6.07) is 5.77. The van der Waals surface area contributed by atoms with Gasteiger partial charge in [-0.2, -0.15) is 0 Å². The maximum absolute atomic E-state index is 13.2. The third kappa shape index (κ3) is 2.26. The first-order valence-corrected chi connectivity index (χ1v) is 8.78. The number of nitrogens with zero attached hydrogens (tertiary/aromatic N) is 2. The van der Waals surface area contributed by atoms with Gasteiger partial charge < -0.3 is 14.8 Å². The number of hydrogen-bond donors (Lipinski definition) is 1. The molecule has 2 aromatic heterocycles. The number of benzene rings is 1. The molecule has 0 spiro atoms. The van der Waals surface area contributed by atoms with Gasteiger partial charge in [0.15, 0.2) is 5.58 Å². The molecule has 0 unspecified atom stereocenters. The summed E-state index contributed by atoms with van der Waals surface area (Å²) >= 11 is 6.44. The molecule has 0 bridgehead atoms. The van der Waals surface area contributed by atoms with E-state index in [2.05, 4.69) is 5.16 Å². The first-order valence-electron chi connectivity index (χ1n) is 8.40. The van der Waals surface area contributed by atoms with Gasteiger partial charge in [0.2, 0.25) is 0 Å². The van der Waals surface area contributed by atoms with Crippen LogP contribution in [0.5, 0.6) is 0 Å². The van der Waals surface area contributed by atoms with Crippen LogP contribution in [-0.2, 0) is 0 Å². The van der Waals surface area contributed by atoms with Crippen LogP contribution in [0, 0.1) is 12.8 Å². The number of aromatic nitrogens is 2. The number of hydrogen-bond acceptors (Lipinski definition) is 4. The lowest BCUT2D eigenvalue weighted by atomic mass is 9.85. The Labute approximate surface area is 144 Å². The molecule has 6 heteroatoms. The van der Waals surface area contributed by atoms with E-state index in [1.807, 2.05) is 22.8 Å². The zero-order valence-electron chi connectivity index (χ0n) is 13.6. The molecule has 0 saturated heterocycles. The van der Waals surface area contributed by atoms with Crippen LogP contribution in [-0.4, -0.2) is 16.3 Å². The Balaban J connectivity index is 2.06. The molecule has 1 saturated carbocycles. The third-order valence-electron chi connectivity index (χ3n) is 5.23. The second-order valence-electron chi connectivity index (χ2n) is 6.70. The summed E-state index contributed by atoms with van der Waals surface area (Å²) in [4.78, 5) is 13.2. The van der Waals surface area contributed by atoms with Crippen molar-refractivity contribution in [2.75, 3.05) is 6.54 Å². The van der Waals surface area contributed by atoms with Crippen LogP contribution in [0.1, 0.15) is 37.4 Å². The largest absolute Gasteiger partial charge is 0.355 e. The van der Waals surface area contributed by atoms with Crippen LogP contribution < -0.4 is 11.3 Å². The fourth-order valence-corrected chi connectivity index (χ4v) is 4.29. The van der Waals surface area contributed by atoms with Crippen LogP contribution in [0.4, 0.5) is 0 Å². The highest BCUT2D eigenvalue weighted by molar-refractivity contribution is 6.37. The highest BCUT2D eigenvalue weighted by atomic mass is 35.5. The van der Waals surface area contributed by atoms with Crippen molar-refractivity contribution in [3.8, 4) is 0 Å². The smallest absolute Gasteiger partial charge is 0.264 e. The molecule has 0 radical (unpaired) electrons. The topological polar surface area (TPSA) is 74.0 Å². The Kier molecular flexibility index (Phi) is 3.85. The van der Waals surface area contributed by atoms with Crippen molar-refractivity contribution in [1.29, 1.82) is 0 Å². The number of nitrogens with two attached hydrogens (primary N) is 1. The zero-order valence-corrected chi connectivity index (χ0v) is 14.3. The molecule has 2 atom stereocenters. The Morgan fingerprint density at radius 2 is 2.21 bits per heavy atom. The van der Waals surface area contributed by atoms with Gasteiger partial charge in [0.05, 0.1) is 21.6 Å². The average Bonchev–Trinajstić information content (AvgIpc) is 2.97. The standard InChI is InChI=1S/C18H20ClN3O2/c1-10-15-17(24-21-10)16-13(19)6-3-7-14(16)22(18(15)23)12-5-2-4-11(8-12)9-20/h3,6-7,11-12H,2,4-5,8-9,20H2,1H3/t11-,12+/m1/s1. The third-order valence-corrected chi connectivity index (χ3v) is 5.54. The van der Waals surface area contributed by atoms with E-state index < -0.39 is 0 Å². The number of fused-ring (bicyclic) bond motifs is 3. The van der Waals surface area contributed by atoms with Crippen molar-refractivity contribution in [2.45, 2.75) is 38.6 Å². The van der Waals surface area contributed by atoms with Gasteiger partial charge in [-0.25, -0.2) is 0 Å². The molecule has 24 heavy (non-hydrogen) atoms. The van der Waals surface area contributed by atoms with E-state index in [9.17, 15) is 4.79 Å². The molecule has 2 N–H and O–H groups in total. The maximum Gasteiger partial charge on any atom is 0.264 e. The van der Waals surface area contributed by atoms with Crippen molar-refractivity contribution in [3.05, 3.63) is 39.3 Å². The molecular formula is C18H20ClN3O2. The Morgan fingerprint density at radius 1 is 1.38 bits per heavy atom. The summed E-state index contributed by atoms with van der Waals surface area (Å²) < 4.78 is 7.34. The summed E-state index contributed by atoms with van der Waals surface area (Å²) in [5.41, 5.74) is 7.76. The van der Waals surface area contributed by atoms with E-state index in [0.717, 1.165) is 36.6 Å². The molecule has 1 aliphatic rings. The first kappa shape index (κ1) is 15.7. The van der Waals surface area contributed by atoms with Crippen molar-refractivity contribution >= 4 is 33.5 Å². The summed E-state index contributed by atoms with van der Waals surface area (Å²) in [6.07, 6.45) is 4.12. The SMILES string of the molecule is Cc1noc2c1c(=O)n([C@H]1CCC[C@@H](CN)C1)c1cccc(Cl)c21. The zero-order chi connectivity index (χ0) is 16.8. The minimum absolute atomic E-state index is 0.0406. The molecule has 4 rings (SSSR count). The monoisotopic (exact) mass is 345 g/mol. The molecule has 126 valence electrons. The average molecular weight is 346 g/mol. The quantitative estimate of drug-likeness (QED) is 0.766. The lowest BCUT2D eigenvalue weighted by Crippen LogP contribution is -2.31. The van der Waals surface area contributed by atoms with Crippen molar-refractivity contribution in [3.63, 3.8) is 0 Å². The minimum Gasteiger partial charge on any atom is -0.355 e. The number of pyridine rings is 1. The van der Waals surface area contributed by atoms with E-state index >= 15 is 0 Å². The Morgan fingerprint density at radius 3 is 3.00 bits per heavy atom. The normalized spacial score (nSPS) is 21.6. The number of rotatable bonds is 2. The van der Waals surface area contributed by atoms with Crippen LogP contribution in [0.25, 0.3) is 21.9 Å². The van der Waals surface area contributed by atoms with Gasteiger partial charge in [-0.3, -0.25) is 4.79 Å². The van der Waals surface area contributed by atoms with Gasteiger partial charge in [-0.1, -0.05) is 29.2 Å². The predicted molar refractivity (Wildman–Crippen MR) is 95.6 cm³/mol. The molecule has 2 heterocycles. The number of aryl methyl sites for hydroxylation is 1. The highest BCUT2D eigenvalue weighted by Crippen LogP contribution is 2.36. The van der Waals surface area contributed by atoms with Crippen LogP contribution in [0.3, 0.4) is 0 Å². The molecule has 1 aromatic carbocycles. The van der Waals surface area contributed by atoms with Crippen LogP contribution >= 0.6 is 11.6 Å². The number of halogens is 1. The molecular weight excluding hydrogens is 326 g/mol. The van der Waals surface area contributed by atoms with E-state index in [1.54, 1.807) is 6.92 Å². The maximum atomic E-state index is 13.2. The molecule has 3 aromatic rings. The van der Waals surface area contributed by atoms with E-state index in [1.165, 1.54) is 0 Å². The van der Waals surface area contributed by atoms with Crippen LogP contribution in [0.15, 0.2) is 27.5 Å². The second kappa shape index (κ2) is 5.90. The summed E-state index contributed by atoms with van der Waals surface area (Å²) in [5.74, 6) is 0.462.